The fourth-order valence-corrected chi connectivity index (χ4v) is 7.56. The molecular weight excluding hydrogens is 604 g/mol. The molecule has 0 saturated carbocycles. The molecule has 3 aliphatic rings. The summed E-state index contributed by atoms with van der Waals surface area (Å²) in [5.41, 5.74) is -3.06. The molecule has 0 spiro atoms. The van der Waals surface area contributed by atoms with Crippen molar-refractivity contribution in [2.45, 2.75) is 116 Å². The van der Waals surface area contributed by atoms with Gasteiger partial charge in [-0.15, -0.1) is 0 Å². The van der Waals surface area contributed by atoms with E-state index in [9.17, 15) is 19.5 Å². The second kappa shape index (κ2) is 15.1. The van der Waals surface area contributed by atoms with Crippen molar-refractivity contribution in [2.75, 3.05) is 68.6 Å². The zero-order valence-electron chi connectivity index (χ0n) is 31.5. The number of carbonyl (C=O) groups excluding carboxylic acids is 3. The standard InChI is InChI=1S/C35H64N4O8/c1-21-16-35(8,44-14)29(47-30-27(40)25(36(9)10)15-22(2)46-30)23(3)28(41)33(4,5)32(43)45-20-26(38(13)17-21)24-18-39(19-24)31(42)34(6,7)37(11)12/h21-27,29-30,40H,15-20H2,1-14H3/t21-,22-,23+,25+,26-,27-,29-,30+,35-/m1/s1. The van der Waals surface area contributed by atoms with Crippen LogP contribution in [0, 0.1) is 23.2 Å². The van der Waals surface area contributed by atoms with E-state index < -0.39 is 46.9 Å². The summed E-state index contributed by atoms with van der Waals surface area (Å²) < 4.78 is 24.9. The third-order valence-electron chi connectivity index (χ3n) is 11.3. The number of amides is 1. The molecule has 1 amide bonds. The highest BCUT2D eigenvalue weighted by molar-refractivity contribution is 6.04. The molecule has 3 heterocycles. The maximum absolute atomic E-state index is 14.2. The number of aliphatic hydroxyl groups excluding tert-OH is 1. The van der Waals surface area contributed by atoms with Gasteiger partial charge in [-0.05, 0) is 95.5 Å². The third kappa shape index (κ3) is 8.38. The Hall–Kier alpha value is -1.67. The van der Waals surface area contributed by atoms with E-state index in [1.54, 1.807) is 27.9 Å². The minimum absolute atomic E-state index is 0.0670. The molecule has 0 aromatic carbocycles. The fraction of sp³-hybridized carbons (Fsp3) is 0.914. The zero-order valence-corrected chi connectivity index (χ0v) is 31.5. The highest BCUT2D eigenvalue weighted by atomic mass is 16.7. The van der Waals surface area contributed by atoms with Crippen molar-refractivity contribution < 1.29 is 38.4 Å². The van der Waals surface area contributed by atoms with E-state index in [4.69, 9.17) is 18.9 Å². The predicted molar refractivity (Wildman–Crippen MR) is 180 cm³/mol. The first-order chi connectivity index (χ1) is 21.6. The van der Waals surface area contributed by atoms with Crippen LogP contribution in [0.3, 0.4) is 0 Å². The molecular formula is C35H64N4O8. The van der Waals surface area contributed by atoms with Gasteiger partial charge in [-0.25, -0.2) is 0 Å². The van der Waals surface area contributed by atoms with Crippen molar-refractivity contribution in [1.82, 2.24) is 19.6 Å². The molecule has 0 aromatic rings. The number of rotatable bonds is 7. The summed E-state index contributed by atoms with van der Waals surface area (Å²) in [6, 6.07) is -0.339. The number of hydrogen-bond donors (Lipinski definition) is 1. The van der Waals surface area contributed by atoms with E-state index in [0.717, 1.165) is 0 Å². The van der Waals surface area contributed by atoms with E-state index in [2.05, 4.69) is 11.8 Å². The number of aliphatic hydroxyl groups is 1. The molecule has 0 aromatic heterocycles. The molecule has 12 heteroatoms. The molecule has 0 aliphatic carbocycles. The number of ketones is 1. The molecule has 272 valence electrons. The summed E-state index contributed by atoms with van der Waals surface area (Å²) in [6.07, 6.45) is -1.77. The minimum atomic E-state index is -1.47. The van der Waals surface area contributed by atoms with Crippen LogP contribution in [-0.2, 0) is 33.3 Å². The van der Waals surface area contributed by atoms with E-state index in [-0.39, 0.29) is 48.3 Å². The highest BCUT2D eigenvalue weighted by Crippen LogP contribution is 2.39. The van der Waals surface area contributed by atoms with E-state index in [0.29, 0.717) is 32.5 Å². The van der Waals surface area contributed by atoms with Crippen molar-refractivity contribution in [3.8, 4) is 0 Å². The average Bonchev–Trinajstić information content (AvgIpc) is 2.95. The van der Waals surface area contributed by atoms with Gasteiger partial charge in [0.05, 0.1) is 23.3 Å². The van der Waals surface area contributed by atoms with Crippen LogP contribution in [0.15, 0.2) is 0 Å². The lowest BCUT2D eigenvalue weighted by Gasteiger charge is -2.49. The smallest absolute Gasteiger partial charge is 0.319 e. The second-order valence-electron chi connectivity index (χ2n) is 16.3. The van der Waals surface area contributed by atoms with Gasteiger partial charge in [0.2, 0.25) is 5.91 Å². The Morgan fingerprint density at radius 1 is 1.04 bits per heavy atom. The summed E-state index contributed by atoms with van der Waals surface area (Å²) >= 11 is 0. The van der Waals surface area contributed by atoms with Crippen LogP contribution in [0.5, 0.6) is 0 Å². The first kappa shape index (κ1) is 39.8. The molecule has 0 bridgehead atoms. The Labute approximate surface area is 283 Å². The zero-order chi connectivity index (χ0) is 35.8. The van der Waals surface area contributed by atoms with Crippen LogP contribution in [0.25, 0.3) is 0 Å². The van der Waals surface area contributed by atoms with E-state index in [1.165, 1.54) is 0 Å². The van der Waals surface area contributed by atoms with Crippen molar-refractivity contribution >= 4 is 17.7 Å². The first-order valence-electron chi connectivity index (χ1n) is 17.2. The monoisotopic (exact) mass is 668 g/mol. The molecule has 9 atom stereocenters. The number of esters is 1. The Balaban J connectivity index is 1.93. The lowest BCUT2D eigenvalue weighted by atomic mass is 9.74. The summed E-state index contributed by atoms with van der Waals surface area (Å²) in [4.78, 5) is 49.1. The largest absolute Gasteiger partial charge is 0.463 e. The van der Waals surface area contributed by atoms with Crippen LogP contribution >= 0.6 is 0 Å². The van der Waals surface area contributed by atoms with Gasteiger partial charge in [-0.3, -0.25) is 24.2 Å². The van der Waals surface area contributed by atoms with Gasteiger partial charge in [-0.1, -0.05) is 13.8 Å². The van der Waals surface area contributed by atoms with Gasteiger partial charge >= 0.3 is 5.97 Å². The van der Waals surface area contributed by atoms with Crippen LogP contribution in [0.4, 0.5) is 0 Å². The third-order valence-corrected chi connectivity index (χ3v) is 11.3. The van der Waals surface area contributed by atoms with E-state index >= 15 is 0 Å². The normalized spacial score (nSPS) is 37.2. The number of Topliss-reactive ketones (excluding diaryl/α,β-unsaturated/α-hetero) is 1. The number of hydrogen-bond acceptors (Lipinski definition) is 11. The van der Waals surface area contributed by atoms with Gasteiger partial charge in [0.25, 0.3) is 0 Å². The Bertz CT molecular complexity index is 1110. The minimum Gasteiger partial charge on any atom is -0.463 e. The Morgan fingerprint density at radius 3 is 2.17 bits per heavy atom. The van der Waals surface area contributed by atoms with Gasteiger partial charge in [-0.2, -0.15) is 0 Å². The molecule has 12 nitrogen and oxygen atoms in total. The van der Waals surface area contributed by atoms with E-state index in [1.807, 2.05) is 77.6 Å². The van der Waals surface area contributed by atoms with Gasteiger partial charge < -0.3 is 33.9 Å². The summed E-state index contributed by atoms with van der Waals surface area (Å²) in [7, 11) is 11.3. The van der Waals surface area contributed by atoms with Crippen LogP contribution < -0.4 is 0 Å². The molecule has 3 saturated heterocycles. The lowest BCUT2D eigenvalue weighted by molar-refractivity contribution is -0.295. The van der Waals surface area contributed by atoms with Crippen molar-refractivity contribution in [2.24, 2.45) is 23.2 Å². The number of carbonyl (C=O) groups is 3. The molecule has 3 fully saturated rings. The fourth-order valence-electron chi connectivity index (χ4n) is 7.56. The quantitative estimate of drug-likeness (QED) is 0.317. The number of methoxy groups -OCH3 is 1. The summed E-state index contributed by atoms with van der Waals surface area (Å²) in [5.74, 6) is -1.47. The van der Waals surface area contributed by atoms with Crippen molar-refractivity contribution in [3.63, 3.8) is 0 Å². The topological polar surface area (TPSA) is 121 Å². The number of likely N-dealkylation sites (tertiary alicyclic amines) is 1. The molecule has 0 radical (unpaired) electrons. The van der Waals surface area contributed by atoms with Crippen LogP contribution in [0.1, 0.15) is 68.2 Å². The highest BCUT2D eigenvalue weighted by Gasteiger charge is 2.52. The molecule has 47 heavy (non-hydrogen) atoms. The number of ether oxygens (including phenoxy) is 4. The van der Waals surface area contributed by atoms with Crippen LogP contribution in [-0.4, -0.2) is 159 Å². The first-order valence-corrected chi connectivity index (χ1v) is 17.2. The number of nitrogens with zero attached hydrogens (tertiary/aromatic N) is 4. The molecule has 3 aliphatic heterocycles. The number of likely N-dealkylation sites (N-methyl/N-ethyl adjacent to an activating group) is 3. The molecule has 0 unspecified atom stereocenters. The van der Waals surface area contributed by atoms with Gasteiger partial charge in [0, 0.05) is 50.7 Å². The van der Waals surface area contributed by atoms with Gasteiger partial charge in [0.15, 0.2) is 12.1 Å². The molecule has 3 rings (SSSR count). The van der Waals surface area contributed by atoms with Crippen LogP contribution in [0.2, 0.25) is 0 Å². The second-order valence-corrected chi connectivity index (χ2v) is 16.3. The Kier molecular flexibility index (Phi) is 12.7. The maximum Gasteiger partial charge on any atom is 0.319 e. The molecule has 1 N–H and O–H groups in total. The lowest BCUT2D eigenvalue weighted by Crippen LogP contribution is -2.64. The van der Waals surface area contributed by atoms with Crippen molar-refractivity contribution in [3.05, 3.63) is 0 Å². The average molecular weight is 669 g/mol. The predicted octanol–water partition coefficient (Wildman–Crippen LogP) is 2.12. The summed E-state index contributed by atoms with van der Waals surface area (Å²) in [5, 5.41) is 11.3. The number of cyclic esters (lactones) is 1. The maximum atomic E-state index is 14.2. The SMILES string of the molecule is CO[C@]1(C)C[C@@H](C)CN(C)[C@@H](C2CN(C(=O)C(C)(C)N(C)C)C2)COC(=O)C(C)(C)C(=O)[C@H](C)[C@H]1O[C@@H]1O[C@H](C)C[C@H](N(C)C)[C@H]1O. The van der Waals surface area contributed by atoms with Crippen molar-refractivity contribution in [1.29, 1.82) is 0 Å². The van der Waals surface area contributed by atoms with Gasteiger partial charge in [0.1, 0.15) is 18.1 Å². The summed E-state index contributed by atoms with van der Waals surface area (Å²) in [6.45, 7) is 16.7. The Morgan fingerprint density at radius 2 is 1.64 bits per heavy atom.